The maximum Gasteiger partial charge on any atom is 0.307 e. The summed E-state index contributed by atoms with van der Waals surface area (Å²) in [7, 11) is 0. The third kappa shape index (κ3) is 5.42. The van der Waals surface area contributed by atoms with Crippen LogP contribution in [0.25, 0.3) is 0 Å². The molecule has 3 rings (SSSR count). The minimum absolute atomic E-state index is 0.115. The second-order valence-corrected chi connectivity index (χ2v) is 7.39. The highest BCUT2D eigenvalue weighted by Crippen LogP contribution is 2.33. The molecule has 9 heteroatoms. The van der Waals surface area contributed by atoms with E-state index >= 15 is 0 Å². The molecule has 0 spiro atoms. The van der Waals surface area contributed by atoms with E-state index in [1.165, 1.54) is 48.5 Å². The lowest BCUT2D eigenvalue weighted by atomic mass is 10.1. The number of rotatable bonds is 6. The van der Waals surface area contributed by atoms with Gasteiger partial charge in [-0.3, -0.25) is 9.59 Å². The van der Waals surface area contributed by atoms with E-state index in [-0.39, 0.29) is 39.2 Å². The maximum atomic E-state index is 14.5. The number of carbonyl (C=O) groups excluding carboxylic acids is 1. The molecule has 3 aromatic rings. The number of aliphatic carboxylic acids is 1. The summed E-state index contributed by atoms with van der Waals surface area (Å²) >= 11 is 17.8. The van der Waals surface area contributed by atoms with Crippen molar-refractivity contribution in [2.75, 3.05) is 5.32 Å². The quantitative estimate of drug-likeness (QED) is 0.435. The standard InChI is InChI=1S/C21H13Cl3FNO4/c22-14-4-2-12(9-15(14)23)21(29)26-13-3-6-19(17(25)10-13)30-18-5-1-11(7-16(18)24)8-20(27)28/h1-7,9-10H,8H2,(H,26,29)(H,27,28). The summed E-state index contributed by atoms with van der Waals surface area (Å²) in [6.07, 6.45) is -0.193. The van der Waals surface area contributed by atoms with E-state index in [2.05, 4.69) is 5.32 Å². The third-order valence-corrected chi connectivity index (χ3v) is 4.98. The minimum atomic E-state index is -0.996. The molecular formula is C21H13Cl3FNO4. The Kier molecular flexibility index (Phi) is 6.82. The van der Waals surface area contributed by atoms with E-state index in [0.717, 1.165) is 6.07 Å². The van der Waals surface area contributed by atoms with Crippen LogP contribution >= 0.6 is 34.8 Å². The molecule has 0 saturated heterocycles. The number of hydrogen-bond acceptors (Lipinski definition) is 3. The minimum Gasteiger partial charge on any atom is -0.481 e. The van der Waals surface area contributed by atoms with Crippen LogP contribution in [0, 0.1) is 5.82 Å². The first kappa shape index (κ1) is 21.9. The molecule has 1 amide bonds. The maximum absolute atomic E-state index is 14.5. The van der Waals surface area contributed by atoms with Crippen molar-refractivity contribution in [2.45, 2.75) is 6.42 Å². The average molecular weight is 469 g/mol. The van der Waals surface area contributed by atoms with Crippen LogP contribution in [0.15, 0.2) is 54.6 Å². The van der Waals surface area contributed by atoms with Crippen molar-refractivity contribution in [3.05, 3.63) is 86.6 Å². The largest absolute Gasteiger partial charge is 0.481 e. The van der Waals surface area contributed by atoms with Crippen LogP contribution in [0.4, 0.5) is 10.1 Å². The number of ether oxygens (including phenoxy) is 1. The SMILES string of the molecule is O=C(O)Cc1ccc(Oc2ccc(NC(=O)c3ccc(Cl)c(Cl)c3)cc2F)c(Cl)c1. The number of amides is 1. The normalized spacial score (nSPS) is 10.5. The van der Waals surface area contributed by atoms with Crippen molar-refractivity contribution < 1.29 is 23.8 Å². The predicted molar refractivity (Wildman–Crippen MR) is 114 cm³/mol. The topological polar surface area (TPSA) is 75.6 Å². The Morgan fingerprint density at radius 3 is 2.27 bits per heavy atom. The summed E-state index contributed by atoms with van der Waals surface area (Å²) in [5.41, 5.74) is 0.956. The molecule has 0 radical (unpaired) electrons. The highest BCUT2D eigenvalue weighted by Gasteiger charge is 2.13. The molecule has 154 valence electrons. The highest BCUT2D eigenvalue weighted by atomic mass is 35.5. The smallest absolute Gasteiger partial charge is 0.307 e. The van der Waals surface area contributed by atoms with Gasteiger partial charge in [-0.25, -0.2) is 4.39 Å². The molecule has 0 aromatic heterocycles. The first-order valence-corrected chi connectivity index (χ1v) is 9.60. The predicted octanol–water partition coefficient (Wildman–Crippen LogP) is 6.46. The molecule has 0 bridgehead atoms. The highest BCUT2D eigenvalue weighted by molar-refractivity contribution is 6.42. The number of carbonyl (C=O) groups is 2. The average Bonchev–Trinajstić information content (AvgIpc) is 2.67. The fraction of sp³-hybridized carbons (Fsp3) is 0.0476. The van der Waals surface area contributed by atoms with Gasteiger partial charge in [-0.1, -0.05) is 40.9 Å². The Hall–Kier alpha value is -2.80. The summed E-state index contributed by atoms with van der Waals surface area (Å²) < 4.78 is 19.9. The molecule has 0 fully saturated rings. The van der Waals surface area contributed by atoms with E-state index in [1.807, 2.05) is 0 Å². The molecule has 3 aromatic carbocycles. The van der Waals surface area contributed by atoms with Gasteiger partial charge in [0.25, 0.3) is 5.91 Å². The van der Waals surface area contributed by atoms with Gasteiger partial charge in [0, 0.05) is 17.3 Å². The fourth-order valence-electron chi connectivity index (χ4n) is 2.53. The second kappa shape index (κ2) is 9.34. The van der Waals surface area contributed by atoms with Gasteiger partial charge in [-0.05, 0) is 48.0 Å². The number of benzene rings is 3. The lowest BCUT2D eigenvalue weighted by Gasteiger charge is -2.11. The van der Waals surface area contributed by atoms with E-state index < -0.39 is 17.7 Å². The monoisotopic (exact) mass is 467 g/mol. The number of carboxylic acid groups (broad SMARTS) is 1. The van der Waals surface area contributed by atoms with Gasteiger partial charge in [-0.2, -0.15) is 0 Å². The van der Waals surface area contributed by atoms with Gasteiger partial charge >= 0.3 is 5.97 Å². The molecule has 0 aliphatic rings. The molecule has 0 aliphatic carbocycles. The summed E-state index contributed by atoms with van der Waals surface area (Å²) in [4.78, 5) is 23.1. The van der Waals surface area contributed by atoms with Crippen molar-refractivity contribution in [1.82, 2.24) is 0 Å². The van der Waals surface area contributed by atoms with Gasteiger partial charge in [0.2, 0.25) is 0 Å². The summed E-state index contributed by atoms with van der Waals surface area (Å²) in [6.45, 7) is 0. The molecule has 0 atom stereocenters. The molecule has 0 unspecified atom stereocenters. The zero-order chi connectivity index (χ0) is 21.8. The zero-order valence-corrected chi connectivity index (χ0v) is 17.4. The van der Waals surface area contributed by atoms with Crippen LogP contribution in [0.5, 0.6) is 11.5 Å². The van der Waals surface area contributed by atoms with Crippen LogP contribution in [0.3, 0.4) is 0 Å². The van der Waals surface area contributed by atoms with Gasteiger partial charge < -0.3 is 15.2 Å². The zero-order valence-electron chi connectivity index (χ0n) is 15.1. The Morgan fingerprint density at radius 2 is 1.63 bits per heavy atom. The number of halogens is 4. The van der Waals surface area contributed by atoms with E-state index in [1.54, 1.807) is 0 Å². The van der Waals surface area contributed by atoms with Crippen molar-refractivity contribution in [3.63, 3.8) is 0 Å². The third-order valence-electron chi connectivity index (χ3n) is 3.94. The van der Waals surface area contributed by atoms with Crippen LogP contribution in [0.2, 0.25) is 15.1 Å². The summed E-state index contributed by atoms with van der Waals surface area (Å²) in [5, 5.41) is 12.1. The summed E-state index contributed by atoms with van der Waals surface area (Å²) in [6, 6.07) is 12.7. The van der Waals surface area contributed by atoms with Crippen LogP contribution in [-0.2, 0) is 11.2 Å². The molecular weight excluding hydrogens is 456 g/mol. The Balaban J connectivity index is 1.73. The second-order valence-electron chi connectivity index (χ2n) is 6.17. The molecule has 30 heavy (non-hydrogen) atoms. The first-order valence-electron chi connectivity index (χ1n) is 8.47. The molecule has 0 heterocycles. The van der Waals surface area contributed by atoms with E-state index in [9.17, 15) is 14.0 Å². The number of hydrogen-bond donors (Lipinski definition) is 2. The molecule has 5 nitrogen and oxygen atoms in total. The Morgan fingerprint density at radius 1 is 0.900 bits per heavy atom. The number of carboxylic acids is 1. The van der Waals surface area contributed by atoms with Gasteiger partial charge in [0.1, 0.15) is 5.75 Å². The van der Waals surface area contributed by atoms with Crippen molar-refractivity contribution in [3.8, 4) is 11.5 Å². The molecule has 2 N–H and O–H groups in total. The molecule has 0 saturated carbocycles. The summed E-state index contributed by atoms with van der Waals surface area (Å²) in [5.74, 6) is -2.16. The first-order chi connectivity index (χ1) is 14.2. The van der Waals surface area contributed by atoms with Crippen molar-refractivity contribution in [1.29, 1.82) is 0 Å². The van der Waals surface area contributed by atoms with Gasteiger partial charge in [0.05, 0.1) is 21.5 Å². The number of anilines is 1. The lowest BCUT2D eigenvalue weighted by Crippen LogP contribution is -2.12. The van der Waals surface area contributed by atoms with Crippen LogP contribution in [-0.4, -0.2) is 17.0 Å². The van der Waals surface area contributed by atoms with E-state index in [0.29, 0.717) is 10.6 Å². The van der Waals surface area contributed by atoms with Crippen LogP contribution < -0.4 is 10.1 Å². The van der Waals surface area contributed by atoms with Gasteiger partial charge in [0.15, 0.2) is 11.6 Å². The Labute approximate surface area is 185 Å². The fourth-order valence-corrected chi connectivity index (χ4v) is 3.07. The molecule has 0 aliphatic heterocycles. The van der Waals surface area contributed by atoms with Gasteiger partial charge in [-0.15, -0.1) is 0 Å². The Bertz CT molecular complexity index is 1140. The van der Waals surface area contributed by atoms with E-state index in [4.69, 9.17) is 44.6 Å². The van der Waals surface area contributed by atoms with Crippen molar-refractivity contribution >= 4 is 52.4 Å². The number of nitrogens with one attached hydrogen (secondary N) is 1. The lowest BCUT2D eigenvalue weighted by molar-refractivity contribution is -0.136. The van der Waals surface area contributed by atoms with Crippen LogP contribution in [0.1, 0.15) is 15.9 Å². The van der Waals surface area contributed by atoms with Crippen molar-refractivity contribution in [2.24, 2.45) is 0 Å².